The number of carboxylic acids is 1. The molecule has 0 bridgehead atoms. The summed E-state index contributed by atoms with van der Waals surface area (Å²) in [4.78, 5) is 8.89. The summed E-state index contributed by atoms with van der Waals surface area (Å²) in [5.41, 5.74) is -9.88. The second-order valence-corrected chi connectivity index (χ2v) is 31.1. The standard InChI is InChI=1S/C24BF20.2C16H31P.C2H3N.C2H4O2.Pd/c26-5-1(6(27)14(35)21(42)13(5)34)25(2-7(28)15(36)22(43)16(37)8(2)29,3-9(30)17(38)23(44)18(39)10(3)31)4-11(32)19(40)24(45)20(41)12(4)33;2*1-16(2,3)17(14-10-6-4-7-11-14)15-12-8-5-9-13-15;1-2-3;1-2(3)4;/h;2*14-15H,4-13H2,1-3H3;1H3;1H3,(H,3,4);/q-1;;;;;+2/p-1. The van der Waals surface area contributed by atoms with Crippen LogP contribution in [0.2, 0.25) is 0 Å². The molecule has 0 unspecified atom stereocenters. The van der Waals surface area contributed by atoms with Gasteiger partial charge in [0.2, 0.25) is 0 Å². The van der Waals surface area contributed by atoms with Crippen molar-refractivity contribution in [1.82, 2.24) is 0 Å². The van der Waals surface area contributed by atoms with Crippen molar-refractivity contribution in [1.29, 1.82) is 5.26 Å². The van der Waals surface area contributed by atoms with E-state index in [9.17, 15) is 52.7 Å². The molecular formula is C60H68BF20NO2P2Pd. The number of carbonyl (C=O) groups excluding carboxylic acids is 1. The minimum absolute atomic E-state index is 0. The van der Waals surface area contributed by atoms with E-state index in [0.717, 1.165) is 29.6 Å². The van der Waals surface area contributed by atoms with E-state index in [0.29, 0.717) is 10.3 Å². The smallest absolute Gasteiger partial charge is 0.550 e. The predicted octanol–water partition coefficient (Wildman–Crippen LogP) is 17.0. The largest absolute Gasteiger partial charge is 2.00 e. The molecular weight excluding hydrogens is 1330 g/mol. The Morgan fingerprint density at radius 2 is 0.471 bits per heavy atom. The van der Waals surface area contributed by atoms with Gasteiger partial charge in [0.05, 0.1) is 6.07 Å². The number of nitriles is 1. The van der Waals surface area contributed by atoms with Crippen molar-refractivity contribution in [3.8, 4) is 6.07 Å². The van der Waals surface area contributed by atoms with Gasteiger partial charge in [0.25, 0.3) is 0 Å². The number of rotatable bonds is 8. The van der Waals surface area contributed by atoms with E-state index in [4.69, 9.17) is 15.2 Å². The molecule has 87 heavy (non-hydrogen) atoms. The summed E-state index contributed by atoms with van der Waals surface area (Å²) >= 11 is 0. The van der Waals surface area contributed by atoms with Crippen molar-refractivity contribution in [2.75, 3.05) is 0 Å². The summed E-state index contributed by atoms with van der Waals surface area (Å²) in [6.45, 7) is 17.6. The third kappa shape index (κ3) is 17.0. The van der Waals surface area contributed by atoms with Crippen molar-refractivity contribution >= 4 is 49.8 Å². The van der Waals surface area contributed by atoms with Gasteiger partial charge in [-0.2, -0.15) is 5.26 Å². The first-order valence-electron chi connectivity index (χ1n) is 28.3. The Balaban J connectivity index is 0.000000382. The Labute approximate surface area is 510 Å². The second kappa shape index (κ2) is 32.9. The molecule has 27 heteroatoms. The molecule has 4 aliphatic rings. The van der Waals surface area contributed by atoms with Crippen molar-refractivity contribution in [3.63, 3.8) is 0 Å². The molecule has 4 aromatic rings. The summed E-state index contributed by atoms with van der Waals surface area (Å²) in [5.74, 6) is -72.5. The van der Waals surface area contributed by atoms with E-state index in [1.165, 1.54) is 84.0 Å². The van der Waals surface area contributed by atoms with Crippen LogP contribution in [0.25, 0.3) is 0 Å². The van der Waals surface area contributed by atoms with Crippen LogP contribution < -0.4 is 27.0 Å². The second-order valence-electron chi connectivity index (χ2n) is 23.8. The van der Waals surface area contributed by atoms with Gasteiger partial charge in [0.15, 0.2) is 69.8 Å². The molecule has 0 amide bonds. The maximum absolute atomic E-state index is 15.4. The van der Waals surface area contributed by atoms with Crippen LogP contribution in [0.15, 0.2) is 0 Å². The van der Waals surface area contributed by atoms with Gasteiger partial charge < -0.3 is 9.90 Å². The van der Waals surface area contributed by atoms with Crippen LogP contribution >= 0.6 is 15.8 Å². The van der Waals surface area contributed by atoms with Gasteiger partial charge in [-0.25, -0.2) is 87.8 Å². The van der Waals surface area contributed by atoms with Gasteiger partial charge in [-0.15, -0.1) is 21.9 Å². The van der Waals surface area contributed by atoms with Crippen molar-refractivity contribution < 1.29 is 118 Å². The van der Waals surface area contributed by atoms with Crippen LogP contribution in [0.5, 0.6) is 0 Å². The Morgan fingerprint density at radius 1 is 0.356 bits per heavy atom. The maximum Gasteiger partial charge on any atom is 2.00 e. The molecule has 0 spiro atoms. The summed E-state index contributed by atoms with van der Waals surface area (Å²) in [5, 5.41) is 17.4. The molecule has 0 saturated heterocycles. The normalized spacial score (nSPS) is 16.5. The number of halogens is 20. The number of hydrogen-bond donors (Lipinski definition) is 0. The Kier molecular flexibility index (Phi) is 29.2. The Morgan fingerprint density at radius 3 is 0.586 bits per heavy atom. The fourth-order valence-corrected chi connectivity index (χ4v) is 22.4. The van der Waals surface area contributed by atoms with E-state index in [1.807, 2.05) is 0 Å². The number of hydrogen-bond acceptors (Lipinski definition) is 3. The minimum Gasteiger partial charge on any atom is -0.550 e. The monoisotopic (exact) mass is 1390 g/mol. The van der Waals surface area contributed by atoms with Crippen molar-refractivity contribution in [2.45, 2.75) is 217 Å². The molecule has 4 aromatic carbocycles. The van der Waals surface area contributed by atoms with Crippen molar-refractivity contribution in [3.05, 3.63) is 116 Å². The number of benzene rings is 4. The first kappa shape index (κ1) is 77.3. The summed E-state index contributed by atoms with van der Waals surface area (Å²) in [6, 6.07) is 1.75. The van der Waals surface area contributed by atoms with Gasteiger partial charge in [0.1, 0.15) is 52.7 Å². The Bertz CT molecular complexity index is 2590. The topological polar surface area (TPSA) is 63.9 Å². The number of carbonyl (C=O) groups is 1. The zero-order valence-corrected chi connectivity index (χ0v) is 52.4. The number of carboxylic acid groups (broad SMARTS) is 1. The van der Waals surface area contributed by atoms with Gasteiger partial charge in [0, 0.05) is 12.9 Å². The molecule has 0 aliphatic heterocycles. The van der Waals surface area contributed by atoms with E-state index in [-0.39, 0.29) is 36.3 Å². The van der Waals surface area contributed by atoms with E-state index in [1.54, 1.807) is 57.4 Å². The molecule has 3 nitrogen and oxygen atoms in total. The van der Waals surface area contributed by atoms with Crippen LogP contribution in [0, 0.1) is 128 Å². The quantitative estimate of drug-likeness (QED) is 0.0581. The summed E-state index contributed by atoms with van der Waals surface area (Å²) in [7, 11) is 0.524. The van der Waals surface area contributed by atoms with Gasteiger partial charge in [-0.3, -0.25) is 0 Å². The molecule has 0 atom stereocenters. The molecule has 0 radical (unpaired) electrons. The summed E-state index contributed by atoms with van der Waals surface area (Å²) in [6.07, 6.45) is 23.4. The first-order chi connectivity index (χ1) is 40.0. The predicted molar refractivity (Wildman–Crippen MR) is 292 cm³/mol. The molecule has 4 saturated carbocycles. The molecule has 488 valence electrons. The van der Waals surface area contributed by atoms with Crippen LogP contribution in [0.4, 0.5) is 87.8 Å². The van der Waals surface area contributed by atoms with E-state index < -0.39 is 150 Å². The van der Waals surface area contributed by atoms with Crippen LogP contribution in [-0.4, -0.2) is 45.1 Å². The molecule has 4 fully saturated rings. The first-order valence-corrected chi connectivity index (χ1v) is 31.3. The van der Waals surface area contributed by atoms with Crippen LogP contribution in [-0.2, 0) is 25.2 Å². The zero-order valence-electron chi connectivity index (χ0n) is 49.1. The van der Waals surface area contributed by atoms with Gasteiger partial charge >= 0.3 is 20.4 Å². The number of nitrogens with zero attached hydrogens (tertiary/aromatic N) is 1. The average Bonchev–Trinajstić information content (AvgIpc) is 0.698. The minimum atomic E-state index is -7.22. The SMILES string of the molecule is CC#N.CC(=O)[O-].CC(C)(C)P(C1CCCCC1)C1CCCCC1.CC(C)(C)P(C1CCCCC1)C1CCCCC1.Fc1c(F)c(F)c([B-](c2c(F)c(F)c(F)c(F)c2F)(c2c(F)c(F)c(F)c(F)c2F)c2c(F)c(F)c(F)c(F)c2F)c(F)c1F.[Pd+2]. The Hall–Kier alpha value is -3.97. The third-order valence-electron chi connectivity index (χ3n) is 16.1. The fourth-order valence-electron chi connectivity index (χ4n) is 13.1. The van der Waals surface area contributed by atoms with Gasteiger partial charge in [-0.1, -0.05) is 134 Å². The van der Waals surface area contributed by atoms with E-state index >= 15 is 35.1 Å². The van der Waals surface area contributed by atoms with Gasteiger partial charge in [-0.05, 0) is 91.2 Å². The van der Waals surface area contributed by atoms with Crippen LogP contribution in [0.1, 0.15) is 184 Å². The average molecular weight is 1390 g/mol. The molecule has 0 heterocycles. The van der Waals surface area contributed by atoms with Crippen molar-refractivity contribution in [2.24, 2.45) is 0 Å². The zero-order chi connectivity index (χ0) is 65.2. The fraction of sp³-hybridized carbons (Fsp3) is 0.567. The molecule has 0 aromatic heterocycles. The number of aliphatic carboxylic acids is 1. The third-order valence-corrected chi connectivity index (χ3v) is 24.4. The molecule has 8 rings (SSSR count). The molecule has 0 N–H and O–H groups in total. The molecule has 4 aliphatic carbocycles. The summed E-state index contributed by atoms with van der Waals surface area (Å²) < 4.78 is 294. The maximum atomic E-state index is 15.4. The van der Waals surface area contributed by atoms with Crippen LogP contribution in [0.3, 0.4) is 0 Å². The van der Waals surface area contributed by atoms with E-state index in [2.05, 4.69) is 41.5 Å².